The second kappa shape index (κ2) is 8.72. The molecule has 0 rings (SSSR count). The Hall–Kier alpha value is -1.57. The summed E-state index contributed by atoms with van der Waals surface area (Å²) in [5.41, 5.74) is 0. The monoisotopic (exact) mass is 227 g/mol. The smallest absolute Gasteiger partial charge is 0.323 e. The van der Waals surface area contributed by atoms with Gasteiger partial charge in [-0.25, -0.2) is 0 Å². The van der Waals surface area contributed by atoms with Crippen molar-refractivity contribution in [3.05, 3.63) is 0 Å². The van der Waals surface area contributed by atoms with E-state index in [1.807, 2.05) is 13.8 Å². The SMILES string of the molecule is CCCOC(=O)CC(C#N)C(=O)OCCC. The van der Waals surface area contributed by atoms with Crippen LogP contribution < -0.4 is 0 Å². The van der Waals surface area contributed by atoms with E-state index in [0.29, 0.717) is 19.4 Å². The van der Waals surface area contributed by atoms with Gasteiger partial charge in [0.15, 0.2) is 5.92 Å². The maximum absolute atomic E-state index is 11.3. The van der Waals surface area contributed by atoms with Crippen molar-refractivity contribution < 1.29 is 19.1 Å². The Balaban J connectivity index is 4.04. The molecule has 0 saturated carbocycles. The van der Waals surface area contributed by atoms with Gasteiger partial charge < -0.3 is 9.47 Å². The third-order valence-electron chi connectivity index (χ3n) is 1.73. The van der Waals surface area contributed by atoms with E-state index >= 15 is 0 Å². The standard InChI is InChI=1S/C11H17NO4/c1-3-5-15-10(13)7-9(8-12)11(14)16-6-4-2/h9H,3-7H2,1-2H3. The summed E-state index contributed by atoms with van der Waals surface area (Å²) >= 11 is 0. The molecule has 0 N–H and O–H groups in total. The Labute approximate surface area is 95.3 Å². The van der Waals surface area contributed by atoms with Crippen molar-refractivity contribution in [2.75, 3.05) is 13.2 Å². The highest BCUT2D eigenvalue weighted by Crippen LogP contribution is 2.06. The van der Waals surface area contributed by atoms with Crippen molar-refractivity contribution in [3.8, 4) is 6.07 Å². The van der Waals surface area contributed by atoms with Gasteiger partial charge in [0.05, 0.1) is 25.7 Å². The van der Waals surface area contributed by atoms with E-state index in [9.17, 15) is 9.59 Å². The zero-order valence-corrected chi connectivity index (χ0v) is 9.69. The van der Waals surface area contributed by atoms with Crippen LogP contribution in [0.15, 0.2) is 0 Å². The number of ether oxygens (including phenoxy) is 2. The van der Waals surface area contributed by atoms with Gasteiger partial charge >= 0.3 is 11.9 Å². The summed E-state index contributed by atoms with van der Waals surface area (Å²) in [6, 6.07) is 1.74. The predicted octanol–water partition coefficient (Wildman–Crippen LogP) is 1.42. The fourth-order valence-electron chi connectivity index (χ4n) is 0.926. The molecule has 1 unspecified atom stereocenters. The lowest BCUT2D eigenvalue weighted by Gasteiger charge is -2.08. The van der Waals surface area contributed by atoms with E-state index < -0.39 is 17.9 Å². The molecule has 0 radical (unpaired) electrons. The first-order valence-corrected chi connectivity index (χ1v) is 5.37. The van der Waals surface area contributed by atoms with Gasteiger partial charge in [-0.3, -0.25) is 9.59 Å². The van der Waals surface area contributed by atoms with E-state index in [-0.39, 0.29) is 13.0 Å². The van der Waals surface area contributed by atoms with E-state index in [0.717, 1.165) is 0 Å². The molecule has 0 amide bonds. The predicted molar refractivity (Wildman–Crippen MR) is 56.2 cm³/mol. The minimum absolute atomic E-state index is 0.237. The van der Waals surface area contributed by atoms with Crippen LogP contribution in [0.1, 0.15) is 33.1 Å². The topological polar surface area (TPSA) is 76.4 Å². The highest BCUT2D eigenvalue weighted by atomic mass is 16.5. The van der Waals surface area contributed by atoms with Crippen LogP contribution in [0.2, 0.25) is 0 Å². The van der Waals surface area contributed by atoms with Crippen molar-refractivity contribution in [3.63, 3.8) is 0 Å². The number of carbonyl (C=O) groups is 2. The van der Waals surface area contributed by atoms with Gasteiger partial charge in [0.2, 0.25) is 0 Å². The molecule has 0 bridgehead atoms. The molecule has 0 aliphatic carbocycles. The van der Waals surface area contributed by atoms with Crippen molar-refractivity contribution >= 4 is 11.9 Å². The van der Waals surface area contributed by atoms with Gasteiger partial charge in [0.25, 0.3) is 0 Å². The first kappa shape index (κ1) is 14.4. The average molecular weight is 227 g/mol. The van der Waals surface area contributed by atoms with Crippen molar-refractivity contribution in [1.29, 1.82) is 5.26 Å². The van der Waals surface area contributed by atoms with Crippen LogP contribution in [0, 0.1) is 17.2 Å². The molecule has 0 aromatic rings. The number of carbonyl (C=O) groups excluding carboxylic acids is 2. The number of esters is 2. The normalized spacial score (nSPS) is 11.3. The summed E-state index contributed by atoms with van der Waals surface area (Å²) in [4.78, 5) is 22.5. The first-order chi connectivity index (χ1) is 7.65. The number of rotatable bonds is 7. The van der Waals surface area contributed by atoms with Gasteiger partial charge in [-0.15, -0.1) is 0 Å². The fraction of sp³-hybridized carbons (Fsp3) is 0.727. The minimum Gasteiger partial charge on any atom is -0.466 e. The van der Waals surface area contributed by atoms with Crippen molar-refractivity contribution in [1.82, 2.24) is 0 Å². The van der Waals surface area contributed by atoms with Crippen LogP contribution in [0.4, 0.5) is 0 Å². The van der Waals surface area contributed by atoms with Gasteiger partial charge in [0, 0.05) is 0 Å². The molecule has 16 heavy (non-hydrogen) atoms. The Kier molecular flexibility index (Phi) is 7.86. The molecule has 0 spiro atoms. The summed E-state index contributed by atoms with van der Waals surface area (Å²) in [7, 11) is 0. The Bertz CT molecular complexity index is 270. The van der Waals surface area contributed by atoms with Crippen LogP contribution in [0.5, 0.6) is 0 Å². The number of hydrogen-bond acceptors (Lipinski definition) is 5. The summed E-state index contributed by atoms with van der Waals surface area (Å²) in [6.45, 7) is 4.29. The third-order valence-corrected chi connectivity index (χ3v) is 1.73. The lowest BCUT2D eigenvalue weighted by Crippen LogP contribution is -2.21. The number of hydrogen-bond donors (Lipinski definition) is 0. The molecule has 5 heteroatoms. The van der Waals surface area contributed by atoms with E-state index in [2.05, 4.69) is 0 Å². The molecule has 0 aliphatic heterocycles. The highest BCUT2D eigenvalue weighted by molar-refractivity contribution is 5.82. The van der Waals surface area contributed by atoms with Gasteiger partial charge in [0.1, 0.15) is 0 Å². The Morgan fingerprint density at radius 2 is 1.75 bits per heavy atom. The van der Waals surface area contributed by atoms with Crippen molar-refractivity contribution in [2.24, 2.45) is 5.92 Å². The molecule has 0 aromatic carbocycles. The fourth-order valence-corrected chi connectivity index (χ4v) is 0.926. The summed E-state index contributed by atoms with van der Waals surface area (Å²) in [5, 5.41) is 8.71. The molecular formula is C11H17NO4. The first-order valence-electron chi connectivity index (χ1n) is 5.37. The lowest BCUT2D eigenvalue weighted by molar-refractivity contribution is -0.153. The second-order valence-electron chi connectivity index (χ2n) is 3.27. The van der Waals surface area contributed by atoms with E-state index in [1.165, 1.54) is 0 Å². The molecule has 0 heterocycles. The Morgan fingerprint density at radius 1 is 1.19 bits per heavy atom. The lowest BCUT2D eigenvalue weighted by atomic mass is 10.1. The zero-order valence-electron chi connectivity index (χ0n) is 9.69. The van der Waals surface area contributed by atoms with Gasteiger partial charge in [-0.1, -0.05) is 13.8 Å². The molecular weight excluding hydrogens is 210 g/mol. The van der Waals surface area contributed by atoms with E-state index in [1.54, 1.807) is 6.07 Å². The molecule has 90 valence electrons. The molecule has 0 aromatic heterocycles. The minimum atomic E-state index is -1.06. The van der Waals surface area contributed by atoms with Gasteiger partial charge in [-0.2, -0.15) is 5.26 Å². The molecule has 5 nitrogen and oxygen atoms in total. The number of nitriles is 1. The number of nitrogens with zero attached hydrogens (tertiary/aromatic N) is 1. The highest BCUT2D eigenvalue weighted by Gasteiger charge is 2.23. The molecule has 0 fully saturated rings. The van der Waals surface area contributed by atoms with Crippen LogP contribution >= 0.6 is 0 Å². The van der Waals surface area contributed by atoms with E-state index in [4.69, 9.17) is 14.7 Å². The Morgan fingerprint density at radius 3 is 2.25 bits per heavy atom. The summed E-state index contributed by atoms with van der Waals surface area (Å²) in [5.74, 6) is -2.25. The molecule has 0 saturated heterocycles. The third kappa shape index (κ3) is 6.02. The van der Waals surface area contributed by atoms with Gasteiger partial charge in [-0.05, 0) is 12.8 Å². The summed E-state index contributed by atoms with van der Waals surface area (Å²) < 4.78 is 9.56. The molecule has 1 atom stereocenters. The van der Waals surface area contributed by atoms with Crippen LogP contribution in [-0.4, -0.2) is 25.2 Å². The van der Waals surface area contributed by atoms with Crippen LogP contribution in [-0.2, 0) is 19.1 Å². The quantitative estimate of drug-likeness (QED) is 0.615. The maximum Gasteiger partial charge on any atom is 0.323 e. The van der Waals surface area contributed by atoms with Crippen LogP contribution in [0.3, 0.4) is 0 Å². The average Bonchev–Trinajstić information content (AvgIpc) is 2.30. The molecule has 0 aliphatic rings. The summed E-state index contributed by atoms with van der Waals surface area (Å²) in [6.07, 6.45) is 1.16. The van der Waals surface area contributed by atoms with Crippen LogP contribution in [0.25, 0.3) is 0 Å². The van der Waals surface area contributed by atoms with Crippen molar-refractivity contribution in [2.45, 2.75) is 33.1 Å². The zero-order chi connectivity index (χ0) is 12.4. The maximum atomic E-state index is 11.3. The second-order valence-corrected chi connectivity index (χ2v) is 3.27. The largest absolute Gasteiger partial charge is 0.466 e.